The number of amides is 3. The summed E-state index contributed by atoms with van der Waals surface area (Å²) < 4.78 is 5.21. The molecule has 7 heteroatoms. The zero-order chi connectivity index (χ0) is 21.8. The van der Waals surface area contributed by atoms with Gasteiger partial charge in [-0.3, -0.25) is 19.3 Å². The van der Waals surface area contributed by atoms with Gasteiger partial charge in [0, 0.05) is 5.69 Å². The number of hydrogen-bond donors (Lipinski definition) is 1. The molecule has 0 aliphatic carbocycles. The zero-order valence-corrected chi connectivity index (χ0v) is 17.2. The van der Waals surface area contributed by atoms with Crippen molar-refractivity contribution in [1.29, 1.82) is 0 Å². The van der Waals surface area contributed by atoms with Crippen molar-refractivity contribution in [2.75, 3.05) is 11.9 Å². The third-order valence-corrected chi connectivity index (χ3v) is 4.91. The summed E-state index contributed by atoms with van der Waals surface area (Å²) >= 11 is 0. The van der Waals surface area contributed by atoms with Crippen LogP contribution in [-0.2, 0) is 9.53 Å². The molecule has 0 radical (unpaired) electrons. The van der Waals surface area contributed by atoms with Crippen LogP contribution in [0.3, 0.4) is 0 Å². The van der Waals surface area contributed by atoms with E-state index in [0.29, 0.717) is 34.9 Å². The molecular weight excluding hydrogens is 384 g/mol. The quantitative estimate of drug-likeness (QED) is 0.559. The van der Waals surface area contributed by atoms with Crippen molar-refractivity contribution >= 4 is 29.4 Å². The van der Waals surface area contributed by atoms with E-state index in [4.69, 9.17) is 4.74 Å². The summed E-state index contributed by atoms with van der Waals surface area (Å²) in [7, 11) is 0. The van der Waals surface area contributed by atoms with E-state index in [-0.39, 0.29) is 0 Å². The van der Waals surface area contributed by atoms with Gasteiger partial charge in [-0.05, 0) is 55.7 Å². The van der Waals surface area contributed by atoms with Crippen LogP contribution in [0.2, 0.25) is 0 Å². The van der Waals surface area contributed by atoms with Gasteiger partial charge in [0.1, 0.15) is 6.04 Å². The molecule has 0 saturated carbocycles. The first kappa shape index (κ1) is 21.2. The lowest BCUT2D eigenvalue weighted by Crippen LogP contribution is -2.45. The molecule has 1 N–H and O–H groups in total. The number of hydrogen-bond acceptors (Lipinski definition) is 5. The number of nitrogens with zero attached hydrogens (tertiary/aromatic N) is 1. The lowest BCUT2D eigenvalue weighted by molar-refractivity contribution is -0.119. The number of anilines is 1. The minimum absolute atomic E-state index is 0.294. The van der Waals surface area contributed by atoms with Crippen LogP contribution < -0.4 is 5.32 Å². The van der Waals surface area contributed by atoms with Crippen molar-refractivity contribution in [2.24, 2.45) is 5.92 Å². The van der Waals surface area contributed by atoms with Crippen LogP contribution in [0.4, 0.5) is 5.69 Å². The summed E-state index contributed by atoms with van der Waals surface area (Å²) in [5.74, 6) is -1.46. The standard InChI is InChI=1S/C23H24N2O5/c1-14(2)12-13-30-23(29)16-8-10-17(11-9-16)24-20(26)15(3)25-21(27)18-6-4-5-7-19(18)22(25)28/h4-11,14-15H,12-13H2,1-3H3,(H,24,26). The molecule has 0 bridgehead atoms. The Kier molecular flexibility index (Phi) is 6.30. The zero-order valence-electron chi connectivity index (χ0n) is 17.2. The van der Waals surface area contributed by atoms with Crippen molar-refractivity contribution < 1.29 is 23.9 Å². The number of fused-ring (bicyclic) bond motifs is 1. The molecule has 30 heavy (non-hydrogen) atoms. The summed E-state index contributed by atoms with van der Waals surface area (Å²) in [4.78, 5) is 50.7. The van der Waals surface area contributed by atoms with Gasteiger partial charge in [-0.15, -0.1) is 0 Å². The van der Waals surface area contributed by atoms with Crippen LogP contribution in [0.15, 0.2) is 48.5 Å². The third kappa shape index (κ3) is 4.40. The van der Waals surface area contributed by atoms with E-state index >= 15 is 0 Å². The molecule has 1 aliphatic rings. The van der Waals surface area contributed by atoms with E-state index in [0.717, 1.165) is 11.3 Å². The smallest absolute Gasteiger partial charge is 0.338 e. The summed E-state index contributed by atoms with van der Waals surface area (Å²) in [6.45, 7) is 5.95. The van der Waals surface area contributed by atoms with Gasteiger partial charge in [0.15, 0.2) is 0 Å². The second-order valence-electron chi connectivity index (χ2n) is 7.59. The van der Waals surface area contributed by atoms with Gasteiger partial charge in [0.2, 0.25) is 5.91 Å². The Morgan fingerprint density at radius 3 is 2.03 bits per heavy atom. The molecule has 0 aromatic heterocycles. The second-order valence-corrected chi connectivity index (χ2v) is 7.59. The molecule has 1 unspecified atom stereocenters. The molecule has 2 aromatic rings. The number of carbonyl (C=O) groups is 4. The van der Waals surface area contributed by atoms with E-state index in [1.54, 1.807) is 48.5 Å². The molecule has 0 fully saturated rings. The lowest BCUT2D eigenvalue weighted by atomic mass is 10.1. The Morgan fingerprint density at radius 2 is 1.50 bits per heavy atom. The molecule has 2 aromatic carbocycles. The van der Waals surface area contributed by atoms with Crippen LogP contribution in [-0.4, -0.2) is 41.2 Å². The second kappa shape index (κ2) is 8.90. The van der Waals surface area contributed by atoms with E-state index < -0.39 is 29.7 Å². The largest absolute Gasteiger partial charge is 0.462 e. The van der Waals surface area contributed by atoms with Crippen LogP contribution in [0.1, 0.15) is 58.3 Å². The van der Waals surface area contributed by atoms with E-state index in [9.17, 15) is 19.2 Å². The van der Waals surface area contributed by atoms with Gasteiger partial charge in [-0.2, -0.15) is 0 Å². The number of carbonyl (C=O) groups excluding carboxylic acids is 4. The van der Waals surface area contributed by atoms with Crippen molar-refractivity contribution in [3.8, 4) is 0 Å². The highest BCUT2D eigenvalue weighted by Gasteiger charge is 2.40. The maximum Gasteiger partial charge on any atom is 0.338 e. The molecule has 7 nitrogen and oxygen atoms in total. The fourth-order valence-electron chi connectivity index (χ4n) is 3.08. The highest BCUT2D eigenvalue weighted by Crippen LogP contribution is 2.25. The Labute approximate surface area is 175 Å². The fourth-order valence-corrected chi connectivity index (χ4v) is 3.08. The predicted octanol–water partition coefficient (Wildman–Crippen LogP) is 3.51. The highest BCUT2D eigenvalue weighted by atomic mass is 16.5. The number of imide groups is 1. The maximum atomic E-state index is 12.6. The number of esters is 1. The average Bonchev–Trinajstić information content (AvgIpc) is 2.98. The van der Waals surface area contributed by atoms with E-state index in [1.165, 1.54) is 6.92 Å². The number of nitrogens with one attached hydrogen (secondary N) is 1. The summed E-state index contributed by atoms with van der Waals surface area (Å²) in [5, 5.41) is 2.67. The van der Waals surface area contributed by atoms with Crippen molar-refractivity contribution in [2.45, 2.75) is 33.2 Å². The van der Waals surface area contributed by atoms with Gasteiger partial charge >= 0.3 is 5.97 Å². The topological polar surface area (TPSA) is 92.8 Å². The van der Waals surface area contributed by atoms with Gasteiger partial charge in [0.25, 0.3) is 11.8 Å². The molecular formula is C23H24N2O5. The van der Waals surface area contributed by atoms with E-state index in [2.05, 4.69) is 5.32 Å². The van der Waals surface area contributed by atoms with Crippen molar-refractivity contribution in [3.63, 3.8) is 0 Å². The first-order chi connectivity index (χ1) is 14.3. The van der Waals surface area contributed by atoms with Gasteiger partial charge in [-0.1, -0.05) is 26.0 Å². The Morgan fingerprint density at radius 1 is 0.933 bits per heavy atom. The Bertz CT molecular complexity index is 946. The van der Waals surface area contributed by atoms with Crippen LogP contribution >= 0.6 is 0 Å². The van der Waals surface area contributed by atoms with Gasteiger partial charge in [-0.25, -0.2) is 4.79 Å². The Hall–Kier alpha value is -3.48. The van der Waals surface area contributed by atoms with Crippen molar-refractivity contribution in [3.05, 3.63) is 65.2 Å². The summed E-state index contributed by atoms with van der Waals surface area (Å²) in [5.41, 5.74) is 1.41. The molecule has 0 saturated heterocycles. The molecule has 3 rings (SSSR count). The van der Waals surface area contributed by atoms with Crippen molar-refractivity contribution in [1.82, 2.24) is 4.90 Å². The van der Waals surface area contributed by atoms with E-state index in [1.807, 2.05) is 13.8 Å². The molecule has 1 heterocycles. The first-order valence-corrected chi connectivity index (χ1v) is 9.84. The lowest BCUT2D eigenvalue weighted by Gasteiger charge is -2.21. The molecule has 156 valence electrons. The molecule has 1 aliphatic heterocycles. The number of rotatable bonds is 7. The van der Waals surface area contributed by atoms with Crippen LogP contribution in [0.5, 0.6) is 0 Å². The minimum Gasteiger partial charge on any atom is -0.462 e. The average molecular weight is 408 g/mol. The monoisotopic (exact) mass is 408 g/mol. The predicted molar refractivity (Wildman–Crippen MR) is 111 cm³/mol. The number of ether oxygens (including phenoxy) is 1. The first-order valence-electron chi connectivity index (χ1n) is 9.84. The van der Waals surface area contributed by atoms with Crippen LogP contribution in [0.25, 0.3) is 0 Å². The van der Waals surface area contributed by atoms with Gasteiger partial charge in [0.05, 0.1) is 23.3 Å². The Balaban J connectivity index is 1.62. The SMILES string of the molecule is CC(C)CCOC(=O)c1ccc(NC(=O)C(C)N2C(=O)c3ccccc3C2=O)cc1. The minimum atomic E-state index is -0.988. The summed E-state index contributed by atoms with van der Waals surface area (Å²) in [6.07, 6.45) is 0.787. The molecule has 0 spiro atoms. The highest BCUT2D eigenvalue weighted by molar-refractivity contribution is 6.23. The molecule has 1 atom stereocenters. The summed E-state index contributed by atoms with van der Waals surface area (Å²) in [6, 6.07) is 11.8. The van der Waals surface area contributed by atoms with Gasteiger partial charge < -0.3 is 10.1 Å². The third-order valence-electron chi connectivity index (χ3n) is 4.91. The normalized spacial score (nSPS) is 13.9. The molecule has 3 amide bonds. The maximum absolute atomic E-state index is 12.6. The van der Waals surface area contributed by atoms with Crippen LogP contribution in [0, 0.1) is 5.92 Å². The number of benzene rings is 2. The fraction of sp³-hybridized carbons (Fsp3) is 0.304.